The van der Waals surface area contributed by atoms with Gasteiger partial charge in [0.2, 0.25) is 0 Å². The first kappa shape index (κ1) is 19.9. The Morgan fingerprint density at radius 3 is 2.63 bits per heavy atom. The quantitative estimate of drug-likeness (QED) is 0.742. The monoisotopic (exact) mass is 407 g/mol. The molecule has 144 valence electrons. The van der Waals surface area contributed by atoms with E-state index in [1.807, 2.05) is 31.2 Å². The van der Waals surface area contributed by atoms with E-state index in [4.69, 9.17) is 28.6 Å². The third kappa shape index (κ3) is 5.31. The molecule has 3 rings (SSSR count). The average molecular weight is 408 g/mol. The van der Waals surface area contributed by atoms with Crippen molar-refractivity contribution in [1.82, 2.24) is 9.80 Å². The average Bonchev–Trinajstić information content (AvgIpc) is 2.67. The zero-order valence-electron chi connectivity index (χ0n) is 15.3. The zero-order chi connectivity index (χ0) is 19.2. The van der Waals surface area contributed by atoms with Gasteiger partial charge in [0.25, 0.3) is 0 Å². The maximum Gasteiger partial charge on any atom is 0.173 e. The van der Waals surface area contributed by atoms with Crippen LogP contribution in [0.2, 0.25) is 5.02 Å². The van der Waals surface area contributed by atoms with Gasteiger partial charge in [-0.15, -0.1) is 0 Å². The topological polar surface area (TPSA) is 27.7 Å². The van der Waals surface area contributed by atoms with Crippen molar-refractivity contribution in [2.45, 2.75) is 13.5 Å². The molecule has 2 aromatic carbocycles. The molecular weight excluding hydrogens is 385 g/mol. The van der Waals surface area contributed by atoms with Gasteiger partial charge >= 0.3 is 0 Å². The molecule has 0 unspecified atom stereocenters. The number of nitrogens with one attached hydrogen (secondary N) is 1. The number of para-hydroxylation sites is 2. The van der Waals surface area contributed by atoms with Crippen LogP contribution in [0.1, 0.15) is 12.5 Å². The molecule has 0 aromatic heterocycles. The van der Waals surface area contributed by atoms with E-state index in [1.165, 1.54) is 6.07 Å². The third-order valence-electron chi connectivity index (χ3n) is 4.48. The maximum absolute atomic E-state index is 13.3. The third-order valence-corrected chi connectivity index (χ3v) is 5.13. The molecule has 0 aliphatic carbocycles. The van der Waals surface area contributed by atoms with Gasteiger partial charge in [-0.1, -0.05) is 29.8 Å². The Hall–Kier alpha value is -1.89. The Morgan fingerprint density at radius 1 is 1.19 bits per heavy atom. The van der Waals surface area contributed by atoms with Crippen molar-refractivity contribution in [2.24, 2.45) is 0 Å². The smallest absolute Gasteiger partial charge is 0.173 e. The Balaban J connectivity index is 1.52. The summed E-state index contributed by atoms with van der Waals surface area (Å²) in [5.41, 5.74) is 1.90. The molecule has 0 atom stereocenters. The first-order valence-electron chi connectivity index (χ1n) is 9.01. The van der Waals surface area contributed by atoms with E-state index in [9.17, 15) is 4.39 Å². The summed E-state index contributed by atoms with van der Waals surface area (Å²) in [6, 6.07) is 12.7. The highest BCUT2D eigenvalue weighted by molar-refractivity contribution is 7.80. The van der Waals surface area contributed by atoms with Crippen LogP contribution in [0.15, 0.2) is 42.5 Å². The van der Waals surface area contributed by atoms with Gasteiger partial charge in [0.1, 0.15) is 11.6 Å². The SMILES string of the molecule is CCOc1ccccc1NC(=S)N1CCN(Cc2ccc(F)c(Cl)c2)CC1. The number of thiocarbonyl (C=S) groups is 1. The highest BCUT2D eigenvalue weighted by Gasteiger charge is 2.20. The van der Waals surface area contributed by atoms with Gasteiger partial charge in [0.15, 0.2) is 5.11 Å². The van der Waals surface area contributed by atoms with Crippen LogP contribution in [-0.2, 0) is 6.54 Å². The second-order valence-corrected chi connectivity index (χ2v) is 7.16. The number of hydrogen-bond acceptors (Lipinski definition) is 3. The summed E-state index contributed by atoms with van der Waals surface area (Å²) in [6.45, 7) is 6.74. The van der Waals surface area contributed by atoms with Gasteiger partial charge in [-0.05, 0) is 49.0 Å². The standard InChI is InChI=1S/C20H23ClFN3OS/c1-2-26-19-6-4-3-5-18(19)23-20(27)25-11-9-24(10-12-25)14-15-7-8-17(22)16(21)13-15/h3-8,13H,2,9-12,14H2,1H3,(H,23,27). The van der Waals surface area contributed by atoms with Crippen LogP contribution in [0.3, 0.4) is 0 Å². The lowest BCUT2D eigenvalue weighted by Crippen LogP contribution is -2.49. The van der Waals surface area contributed by atoms with Crippen LogP contribution < -0.4 is 10.1 Å². The van der Waals surface area contributed by atoms with Gasteiger partial charge in [-0.2, -0.15) is 0 Å². The maximum atomic E-state index is 13.3. The molecule has 7 heteroatoms. The Bertz CT molecular complexity index is 797. The van der Waals surface area contributed by atoms with Gasteiger partial charge in [-0.3, -0.25) is 4.90 Å². The van der Waals surface area contributed by atoms with Crippen LogP contribution in [0, 0.1) is 5.82 Å². The summed E-state index contributed by atoms with van der Waals surface area (Å²) < 4.78 is 18.9. The van der Waals surface area contributed by atoms with E-state index in [0.29, 0.717) is 11.7 Å². The lowest BCUT2D eigenvalue weighted by molar-refractivity contribution is 0.177. The zero-order valence-corrected chi connectivity index (χ0v) is 16.8. The fourth-order valence-corrected chi connectivity index (χ4v) is 3.55. The second kappa shape index (κ2) is 9.35. The molecular formula is C20H23ClFN3OS. The molecule has 1 fully saturated rings. The Labute approximate surface area is 169 Å². The van der Waals surface area contributed by atoms with E-state index in [1.54, 1.807) is 12.1 Å². The number of nitrogens with zero attached hydrogens (tertiary/aromatic N) is 2. The molecule has 0 spiro atoms. The van der Waals surface area contributed by atoms with Gasteiger partial charge in [0.05, 0.1) is 17.3 Å². The van der Waals surface area contributed by atoms with Crippen molar-refractivity contribution >= 4 is 34.6 Å². The summed E-state index contributed by atoms with van der Waals surface area (Å²) in [5.74, 6) is 0.420. The number of ether oxygens (including phenoxy) is 1. The van der Waals surface area contributed by atoms with Crippen molar-refractivity contribution < 1.29 is 9.13 Å². The van der Waals surface area contributed by atoms with Gasteiger partial charge in [0, 0.05) is 32.7 Å². The minimum atomic E-state index is -0.381. The Morgan fingerprint density at radius 2 is 1.93 bits per heavy atom. The normalized spacial score (nSPS) is 14.9. The number of rotatable bonds is 5. The van der Waals surface area contributed by atoms with Crippen LogP contribution in [0.5, 0.6) is 5.75 Å². The van der Waals surface area contributed by atoms with Crippen molar-refractivity contribution in [3.05, 3.63) is 58.9 Å². The first-order chi connectivity index (χ1) is 13.1. The summed E-state index contributed by atoms with van der Waals surface area (Å²) in [7, 11) is 0. The van der Waals surface area contributed by atoms with E-state index >= 15 is 0 Å². The molecule has 0 bridgehead atoms. The fraction of sp³-hybridized carbons (Fsp3) is 0.350. The number of piperazine rings is 1. The summed E-state index contributed by atoms with van der Waals surface area (Å²) in [6.07, 6.45) is 0. The highest BCUT2D eigenvalue weighted by Crippen LogP contribution is 2.24. The van der Waals surface area contributed by atoms with Gasteiger partial charge in [-0.25, -0.2) is 4.39 Å². The summed E-state index contributed by atoms with van der Waals surface area (Å²) >= 11 is 11.5. The molecule has 1 heterocycles. The van der Waals surface area contributed by atoms with Crippen LogP contribution in [0.4, 0.5) is 10.1 Å². The Kier molecular flexibility index (Phi) is 6.88. The van der Waals surface area contributed by atoms with E-state index < -0.39 is 0 Å². The van der Waals surface area contributed by atoms with E-state index in [2.05, 4.69) is 15.1 Å². The van der Waals surface area contributed by atoms with E-state index in [0.717, 1.165) is 49.7 Å². The molecule has 0 radical (unpaired) electrons. The molecule has 1 aliphatic heterocycles. The number of benzene rings is 2. The second-order valence-electron chi connectivity index (χ2n) is 6.37. The van der Waals surface area contributed by atoms with Crippen LogP contribution >= 0.6 is 23.8 Å². The fourth-order valence-electron chi connectivity index (χ4n) is 3.05. The van der Waals surface area contributed by atoms with E-state index in [-0.39, 0.29) is 10.8 Å². The molecule has 2 aromatic rings. The first-order valence-corrected chi connectivity index (χ1v) is 9.79. The van der Waals surface area contributed by atoms with Crippen LogP contribution in [0.25, 0.3) is 0 Å². The lowest BCUT2D eigenvalue weighted by Gasteiger charge is -2.36. The molecule has 27 heavy (non-hydrogen) atoms. The molecule has 0 amide bonds. The number of halogens is 2. The molecule has 4 nitrogen and oxygen atoms in total. The molecule has 1 saturated heterocycles. The minimum Gasteiger partial charge on any atom is -0.492 e. The molecule has 0 saturated carbocycles. The van der Waals surface area contributed by atoms with Crippen molar-refractivity contribution in [3.8, 4) is 5.75 Å². The predicted octanol–water partition coefficient (Wildman–Crippen LogP) is 4.39. The largest absolute Gasteiger partial charge is 0.492 e. The van der Waals surface area contributed by atoms with Gasteiger partial charge < -0.3 is 15.0 Å². The molecule has 1 aliphatic rings. The lowest BCUT2D eigenvalue weighted by atomic mass is 10.2. The van der Waals surface area contributed by atoms with Crippen molar-refractivity contribution in [3.63, 3.8) is 0 Å². The van der Waals surface area contributed by atoms with Crippen LogP contribution in [-0.4, -0.2) is 47.7 Å². The number of hydrogen-bond donors (Lipinski definition) is 1. The summed E-state index contributed by atoms with van der Waals surface area (Å²) in [5, 5.41) is 4.17. The predicted molar refractivity (Wildman–Crippen MR) is 112 cm³/mol. The highest BCUT2D eigenvalue weighted by atomic mass is 35.5. The minimum absolute atomic E-state index is 0.171. The van der Waals surface area contributed by atoms with Crippen molar-refractivity contribution in [1.29, 1.82) is 0 Å². The number of anilines is 1. The summed E-state index contributed by atoms with van der Waals surface area (Å²) in [4.78, 5) is 4.48. The molecule has 1 N–H and O–H groups in total. The van der Waals surface area contributed by atoms with Crippen molar-refractivity contribution in [2.75, 3.05) is 38.1 Å².